The van der Waals surface area contributed by atoms with Crippen LogP contribution in [0, 0.1) is 23.7 Å². The van der Waals surface area contributed by atoms with Gasteiger partial charge in [-0.15, -0.1) is 0 Å². The van der Waals surface area contributed by atoms with Gasteiger partial charge in [-0.2, -0.15) is 0 Å². The molecular weight excluding hydrogens is 366 g/mol. The molecule has 2 amide bonds. The van der Waals surface area contributed by atoms with Crippen LogP contribution in [-0.2, 0) is 16.0 Å². The van der Waals surface area contributed by atoms with Gasteiger partial charge in [0.05, 0.1) is 11.8 Å². The molecule has 29 heavy (non-hydrogen) atoms. The summed E-state index contributed by atoms with van der Waals surface area (Å²) in [6.07, 6.45) is 8.53. The summed E-state index contributed by atoms with van der Waals surface area (Å²) >= 11 is 0. The molecule has 7 heteroatoms. The van der Waals surface area contributed by atoms with Crippen molar-refractivity contribution in [3.63, 3.8) is 0 Å². The molecule has 2 fully saturated rings. The van der Waals surface area contributed by atoms with Crippen molar-refractivity contribution in [1.82, 2.24) is 20.5 Å². The Balaban J connectivity index is 1.24. The summed E-state index contributed by atoms with van der Waals surface area (Å²) < 4.78 is 0. The van der Waals surface area contributed by atoms with E-state index in [9.17, 15) is 9.59 Å². The quantitative estimate of drug-likeness (QED) is 0.228. The van der Waals surface area contributed by atoms with E-state index in [0.29, 0.717) is 19.5 Å². The number of hydrogen-bond donors (Lipinski definition) is 2. The fraction of sp³-hybridized carbons (Fsp3) is 0.545. The van der Waals surface area contributed by atoms with E-state index < -0.39 is 0 Å². The molecule has 4 unspecified atom stereocenters. The topological polar surface area (TPSA) is 86.7 Å². The number of imide groups is 1. The maximum absolute atomic E-state index is 12.7. The van der Waals surface area contributed by atoms with Gasteiger partial charge in [0.1, 0.15) is 0 Å². The van der Waals surface area contributed by atoms with Crippen molar-refractivity contribution >= 4 is 17.8 Å². The number of likely N-dealkylation sites (tertiary alicyclic amines) is 1. The Morgan fingerprint density at radius 3 is 2.59 bits per heavy atom. The molecule has 1 saturated heterocycles. The first kappa shape index (κ1) is 19.6. The van der Waals surface area contributed by atoms with Crippen molar-refractivity contribution in [2.75, 3.05) is 26.2 Å². The van der Waals surface area contributed by atoms with Crippen LogP contribution in [0.3, 0.4) is 0 Å². The molecule has 7 nitrogen and oxygen atoms in total. The van der Waals surface area contributed by atoms with Gasteiger partial charge in [-0.25, -0.2) is 0 Å². The summed E-state index contributed by atoms with van der Waals surface area (Å²) in [5.41, 5.74) is 1.04. The Labute approximate surface area is 171 Å². The van der Waals surface area contributed by atoms with Crippen LogP contribution in [-0.4, -0.2) is 53.8 Å². The van der Waals surface area contributed by atoms with Gasteiger partial charge >= 0.3 is 0 Å². The molecule has 154 valence electrons. The molecule has 2 bridgehead atoms. The van der Waals surface area contributed by atoms with E-state index in [-0.39, 0.29) is 35.5 Å². The monoisotopic (exact) mass is 395 g/mol. The Bertz CT molecular complexity index is 777. The number of carbonyl (C=O) groups excluding carboxylic acids is 2. The maximum atomic E-state index is 12.7. The second-order valence-electron chi connectivity index (χ2n) is 7.94. The predicted molar refractivity (Wildman–Crippen MR) is 111 cm³/mol. The van der Waals surface area contributed by atoms with Gasteiger partial charge in [-0.1, -0.05) is 18.2 Å². The molecule has 3 aliphatic rings. The lowest BCUT2D eigenvalue weighted by atomic mass is 9.85. The van der Waals surface area contributed by atoms with Crippen molar-refractivity contribution in [1.29, 1.82) is 0 Å². The van der Waals surface area contributed by atoms with E-state index >= 15 is 0 Å². The Morgan fingerprint density at radius 2 is 1.93 bits per heavy atom. The smallest absolute Gasteiger partial charge is 0.233 e. The molecule has 1 aromatic heterocycles. The molecule has 4 rings (SSSR count). The van der Waals surface area contributed by atoms with E-state index in [1.54, 1.807) is 6.20 Å². The fourth-order valence-corrected chi connectivity index (χ4v) is 4.80. The summed E-state index contributed by atoms with van der Waals surface area (Å²) in [4.78, 5) is 35.8. The second kappa shape index (κ2) is 8.76. The largest absolute Gasteiger partial charge is 0.357 e. The van der Waals surface area contributed by atoms with Gasteiger partial charge in [0.25, 0.3) is 0 Å². The highest BCUT2D eigenvalue weighted by Crippen LogP contribution is 2.52. The highest BCUT2D eigenvalue weighted by molar-refractivity contribution is 6.06. The SMILES string of the molecule is CCNC(=NCCCN1C(=O)C2C3C=CC(C3)C2C1=O)NCCc1ccccn1. The van der Waals surface area contributed by atoms with Crippen LogP contribution in [0.15, 0.2) is 41.5 Å². The maximum Gasteiger partial charge on any atom is 0.233 e. The number of aromatic nitrogens is 1. The molecule has 0 radical (unpaired) electrons. The predicted octanol–water partition coefficient (Wildman–Crippen LogP) is 1.38. The normalized spacial score (nSPS) is 27.6. The third-order valence-corrected chi connectivity index (χ3v) is 6.12. The number of guanidine groups is 1. The van der Waals surface area contributed by atoms with E-state index in [4.69, 9.17) is 0 Å². The number of nitrogens with one attached hydrogen (secondary N) is 2. The van der Waals surface area contributed by atoms with Crippen LogP contribution in [0.2, 0.25) is 0 Å². The van der Waals surface area contributed by atoms with Crippen LogP contribution in [0.4, 0.5) is 0 Å². The van der Waals surface area contributed by atoms with E-state index in [2.05, 4.69) is 32.8 Å². The molecule has 0 spiro atoms. The minimum Gasteiger partial charge on any atom is -0.357 e. The Kier molecular flexibility index (Phi) is 5.92. The summed E-state index contributed by atoms with van der Waals surface area (Å²) in [6.45, 7) is 4.57. The number of allylic oxidation sites excluding steroid dienone is 2. The molecule has 2 heterocycles. The van der Waals surface area contributed by atoms with Crippen molar-refractivity contribution in [3.05, 3.63) is 42.2 Å². The minimum absolute atomic E-state index is 0.0289. The zero-order valence-electron chi connectivity index (χ0n) is 16.9. The number of rotatable bonds is 8. The molecule has 2 N–H and O–H groups in total. The van der Waals surface area contributed by atoms with Crippen LogP contribution < -0.4 is 10.6 Å². The summed E-state index contributed by atoms with van der Waals surface area (Å²) in [6, 6.07) is 5.90. The third kappa shape index (κ3) is 4.04. The van der Waals surface area contributed by atoms with Gasteiger partial charge in [0.2, 0.25) is 11.8 Å². The van der Waals surface area contributed by atoms with Gasteiger partial charge in [0.15, 0.2) is 5.96 Å². The van der Waals surface area contributed by atoms with Crippen molar-refractivity contribution in [2.24, 2.45) is 28.7 Å². The lowest BCUT2D eigenvalue weighted by Crippen LogP contribution is -2.38. The molecule has 1 aliphatic heterocycles. The molecular formula is C22H29N5O2. The first-order chi connectivity index (χ1) is 14.2. The van der Waals surface area contributed by atoms with E-state index in [1.807, 2.05) is 25.1 Å². The summed E-state index contributed by atoms with van der Waals surface area (Å²) in [5.74, 6) is 1.14. The third-order valence-electron chi connectivity index (χ3n) is 6.12. The number of aliphatic imine (C=N–C) groups is 1. The average Bonchev–Trinajstić information content (AvgIpc) is 3.41. The van der Waals surface area contributed by atoms with Crippen LogP contribution >= 0.6 is 0 Å². The van der Waals surface area contributed by atoms with Crippen molar-refractivity contribution in [3.8, 4) is 0 Å². The van der Waals surface area contributed by atoms with Crippen molar-refractivity contribution < 1.29 is 9.59 Å². The summed E-state index contributed by atoms with van der Waals surface area (Å²) in [5, 5.41) is 6.54. The highest BCUT2D eigenvalue weighted by Gasteiger charge is 2.58. The number of hydrogen-bond acceptors (Lipinski definition) is 4. The fourth-order valence-electron chi connectivity index (χ4n) is 4.80. The minimum atomic E-state index is -0.105. The van der Waals surface area contributed by atoms with Gasteiger partial charge in [-0.3, -0.25) is 24.5 Å². The lowest BCUT2D eigenvalue weighted by molar-refractivity contribution is -0.140. The van der Waals surface area contributed by atoms with Crippen molar-refractivity contribution in [2.45, 2.75) is 26.2 Å². The first-order valence-electron chi connectivity index (χ1n) is 10.6. The molecule has 4 atom stereocenters. The zero-order valence-corrected chi connectivity index (χ0v) is 16.9. The van der Waals surface area contributed by atoms with Gasteiger partial charge < -0.3 is 10.6 Å². The standard InChI is InChI=1S/C22H29N5O2/c1-2-23-22(26-12-9-17-6-3-4-10-24-17)25-11-5-13-27-20(28)18-15-7-8-16(14-15)19(18)21(27)29/h3-4,6-8,10,15-16,18-19H,2,5,9,11-14H2,1H3,(H2,23,25,26). The van der Waals surface area contributed by atoms with Crippen LogP contribution in [0.1, 0.15) is 25.5 Å². The van der Waals surface area contributed by atoms with Gasteiger partial charge in [0, 0.05) is 44.5 Å². The van der Waals surface area contributed by atoms with Crippen LogP contribution in [0.25, 0.3) is 0 Å². The number of fused-ring (bicyclic) bond motifs is 5. The summed E-state index contributed by atoms with van der Waals surface area (Å²) in [7, 11) is 0. The number of carbonyl (C=O) groups is 2. The molecule has 2 aliphatic carbocycles. The Hall–Kier alpha value is -2.70. The molecule has 0 aromatic carbocycles. The number of pyridine rings is 1. The molecule has 1 saturated carbocycles. The average molecular weight is 396 g/mol. The second-order valence-corrected chi connectivity index (χ2v) is 7.94. The highest BCUT2D eigenvalue weighted by atomic mass is 16.2. The Morgan fingerprint density at radius 1 is 1.17 bits per heavy atom. The van der Waals surface area contributed by atoms with Crippen LogP contribution in [0.5, 0.6) is 0 Å². The zero-order chi connectivity index (χ0) is 20.2. The molecule has 1 aromatic rings. The number of nitrogens with zero attached hydrogens (tertiary/aromatic N) is 3. The number of amides is 2. The van der Waals surface area contributed by atoms with E-state index in [1.165, 1.54) is 4.90 Å². The van der Waals surface area contributed by atoms with E-state index in [0.717, 1.165) is 37.6 Å². The lowest BCUT2D eigenvalue weighted by Gasteiger charge is -2.17. The van der Waals surface area contributed by atoms with Gasteiger partial charge in [-0.05, 0) is 43.7 Å². The first-order valence-corrected chi connectivity index (χ1v) is 10.6.